The van der Waals surface area contributed by atoms with E-state index in [9.17, 15) is 4.79 Å². The van der Waals surface area contributed by atoms with Gasteiger partial charge in [-0.2, -0.15) is 0 Å². The summed E-state index contributed by atoms with van der Waals surface area (Å²) in [4.78, 5) is 21.5. The molecule has 0 bridgehead atoms. The lowest BCUT2D eigenvalue weighted by Crippen LogP contribution is -2.34. The molecule has 0 aliphatic carbocycles. The number of nitrogens with one attached hydrogen (secondary N) is 2. The summed E-state index contributed by atoms with van der Waals surface area (Å²) in [6.45, 7) is 3.19. The maximum Gasteiger partial charge on any atom is 0.257 e. The molecule has 2 aliphatic heterocycles. The Balaban J connectivity index is 1.72. The summed E-state index contributed by atoms with van der Waals surface area (Å²) >= 11 is 0. The Morgan fingerprint density at radius 1 is 1.58 bits per heavy atom. The molecule has 104 valence electrons. The van der Waals surface area contributed by atoms with E-state index in [1.165, 1.54) is 0 Å². The van der Waals surface area contributed by atoms with E-state index < -0.39 is 0 Å². The van der Waals surface area contributed by atoms with Crippen LogP contribution in [0.4, 0.5) is 5.95 Å². The molecule has 3 heterocycles. The van der Waals surface area contributed by atoms with Crippen LogP contribution in [0.5, 0.6) is 0 Å². The molecule has 1 fully saturated rings. The quantitative estimate of drug-likeness (QED) is 0.824. The summed E-state index contributed by atoms with van der Waals surface area (Å²) in [6, 6.07) is 0. The predicted octanol–water partition coefficient (Wildman–Crippen LogP) is 0.349. The summed E-state index contributed by atoms with van der Waals surface area (Å²) in [7, 11) is 2.02. The van der Waals surface area contributed by atoms with E-state index in [0.717, 1.165) is 43.7 Å². The third kappa shape index (κ3) is 2.79. The number of hydrogen-bond acceptors (Lipinski definition) is 5. The molecule has 0 aromatic carbocycles. The van der Waals surface area contributed by atoms with Gasteiger partial charge in [0.1, 0.15) is 0 Å². The summed E-state index contributed by atoms with van der Waals surface area (Å²) in [5.41, 5.74) is 1.71. The number of nitrogens with zero attached hydrogens (tertiary/aromatic N) is 2. The summed E-state index contributed by atoms with van der Waals surface area (Å²) < 4.78 is 5.54. The monoisotopic (exact) mass is 264 g/mol. The molecular formula is C13H20N4O2. The van der Waals surface area contributed by atoms with Gasteiger partial charge in [-0.1, -0.05) is 0 Å². The molecule has 1 atom stereocenters. The molecule has 0 radical (unpaired) electrons. The molecule has 0 saturated carbocycles. The minimum Gasteiger partial charge on any atom is -0.376 e. The number of rotatable bonds is 3. The first-order valence-electron chi connectivity index (χ1n) is 6.88. The van der Waals surface area contributed by atoms with E-state index in [1.807, 2.05) is 7.05 Å². The molecule has 2 aliphatic rings. The van der Waals surface area contributed by atoms with Crippen molar-refractivity contribution in [3.05, 3.63) is 21.6 Å². The van der Waals surface area contributed by atoms with E-state index >= 15 is 0 Å². The van der Waals surface area contributed by atoms with E-state index in [-0.39, 0.29) is 11.7 Å². The van der Waals surface area contributed by atoms with Gasteiger partial charge in [-0.15, -0.1) is 0 Å². The lowest BCUT2D eigenvalue weighted by Gasteiger charge is -2.23. The minimum atomic E-state index is -0.0219. The summed E-state index contributed by atoms with van der Waals surface area (Å²) in [5.74, 6) is 0.573. The van der Waals surface area contributed by atoms with Crippen LogP contribution in [0.2, 0.25) is 0 Å². The highest BCUT2D eigenvalue weighted by Crippen LogP contribution is 2.15. The minimum absolute atomic E-state index is 0.0219. The second-order valence-corrected chi connectivity index (χ2v) is 5.34. The van der Waals surface area contributed by atoms with Crippen molar-refractivity contribution in [2.45, 2.75) is 31.9 Å². The van der Waals surface area contributed by atoms with Crippen molar-refractivity contribution in [2.75, 3.05) is 32.1 Å². The van der Waals surface area contributed by atoms with E-state index in [4.69, 9.17) is 4.74 Å². The molecular weight excluding hydrogens is 244 g/mol. The molecule has 1 aromatic heterocycles. The molecule has 19 heavy (non-hydrogen) atoms. The Bertz CT molecular complexity index is 508. The maximum absolute atomic E-state index is 12.0. The molecule has 6 heteroatoms. The van der Waals surface area contributed by atoms with Gasteiger partial charge in [0, 0.05) is 32.7 Å². The van der Waals surface area contributed by atoms with Crippen molar-refractivity contribution in [3.63, 3.8) is 0 Å². The van der Waals surface area contributed by atoms with Crippen molar-refractivity contribution in [3.8, 4) is 0 Å². The van der Waals surface area contributed by atoms with Gasteiger partial charge in [0.25, 0.3) is 5.56 Å². The van der Waals surface area contributed by atoms with E-state index in [1.54, 1.807) is 0 Å². The van der Waals surface area contributed by atoms with Crippen molar-refractivity contribution >= 4 is 5.95 Å². The Hall–Kier alpha value is -1.40. The molecule has 1 saturated heterocycles. The average Bonchev–Trinajstić information content (AvgIpc) is 2.90. The Kier molecular flexibility index (Phi) is 3.52. The zero-order chi connectivity index (χ0) is 13.2. The van der Waals surface area contributed by atoms with Crippen LogP contribution >= 0.6 is 0 Å². The van der Waals surface area contributed by atoms with Gasteiger partial charge in [0.15, 0.2) is 0 Å². The average molecular weight is 264 g/mol. The van der Waals surface area contributed by atoms with Crippen LogP contribution in [-0.2, 0) is 17.7 Å². The smallest absolute Gasteiger partial charge is 0.257 e. The molecule has 0 unspecified atom stereocenters. The van der Waals surface area contributed by atoms with Crippen LogP contribution in [0.15, 0.2) is 4.79 Å². The van der Waals surface area contributed by atoms with Crippen molar-refractivity contribution in [2.24, 2.45) is 0 Å². The largest absolute Gasteiger partial charge is 0.376 e. The third-order valence-electron chi connectivity index (χ3n) is 3.78. The number of H-pyrrole nitrogens is 1. The summed E-state index contributed by atoms with van der Waals surface area (Å²) in [5, 5.41) is 3.18. The van der Waals surface area contributed by atoms with Crippen LogP contribution in [0.25, 0.3) is 0 Å². The van der Waals surface area contributed by atoms with Crippen LogP contribution in [0, 0.1) is 0 Å². The van der Waals surface area contributed by atoms with Crippen molar-refractivity contribution in [1.29, 1.82) is 0 Å². The molecule has 0 spiro atoms. The highest BCUT2D eigenvalue weighted by Gasteiger charge is 2.19. The highest BCUT2D eigenvalue weighted by atomic mass is 16.5. The van der Waals surface area contributed by atoms with Crippen molar-refractivity contribution in [1.82, 2.24) is 14.9 Å². The number of hydrogen-bond donors (Lipinski definition) is 2. The third-order valence-corrected chi connectivity index (χ3v) is 3.78. The number of anilines is 1. The first-order valence-corrected chi connectivity index (χ1v) is 6.88. The fourth-order valence-electron chi connectivity index (χ4n) is 2.66. The Labute approximate surface area is 112 Å². The Morgan fingerprint density at radius 3 is 3.26 bits per heavy atom. The fourth-order valence-corrected chi connectivity index (χ4v) is 2.66. The number of fused-ring (bicyclic) bond motifs is 1. The normalized spacial score (nSPS) is 23.3. The van der Waals surface area contributed by atoms with Crippen LogP contribution < -0.4 is 10.9 Å². The maximum atomic E-state index is 12.0. The van der Waals surface area contributed by atoms with E-state index in [2.05, 4.69) is 20.2 Å². The number of likely N-dealkylation sites (N-methyl/N-ethyl adjacent to an activating group) is 1. The zero-order valence-electron chi connectivity index (χ0n) is 11.2. The number of aromatic nitrogens is 2. The van der Waals surface area contributed by atoms with E-state index in [0.29, 0.717) is 19.0 Å². The van der Waals surface area contributed by atoms with Gasteiger partial charge in [-0.05, 0) is 19.9 Å². The second kappa shape index (κ2) is 5.30. The van der Waals surface area contributed by atoms with Crippen LogP contribution in [0.3, 0.4) is 0 Å². The molecule has 2 N–H and O–H groups in total. The second-order valence-electron chi connectivity index (χ2n) is 5.34. The van der Waals surface area contributed by atoms with Gasteiger partial charge >= 0.3 is 0 Å². The molecule has 1 aromatic rings. The number of aromatic amines is 1. The van der Waals surface area contributed by atoms with Crippen LogP contribution in [-0.4, -0.2) is 47.7 Å². The molecule has 0 amide bonds. The number of ether oxygens (including phenoxy) is 1. The van der Waals surface area contributed by atoms with Crippen molar-refractivity contribution < 1.29 is 4.74 Å². The zero-order valence-corrected chi connectivity index (χ0v) is 11.2. The molecule has 6 nitrogen and oxygen atoms in total. The first kappa shape index (κ1) is 12.6. The lowest BCUT2D eigenvalue weighted by molar-refractivity contribution is 0.120. The predicted molar refractivity (Wildman–Crippen MR) is 72.4 cm³/mol. The SMILES string of the molecule is CN1CCc2nc(NC[C@H]3CCCO3)[nH]c(=O)c2C1. The topological polar surface area (TPSA) is 70.2 Å². The highest BCUT2D eigenvalue weighted by molar-refractivity contribution is 5.31. The Morgan fingerprint density at radius 2 is 2.47 bits per heavy atom. The van der Waals surface area contributed by atoms with Gasteiger partial charge in [0.05, 0.1) is 17.4 Å². The van der Waals surface area contributed by atoms with Gasteiger partial charge < -0.3 is 15.0 Å². The van der Waals surface area contributed by atoms with Gasteiger partial charge in [-0.3, -0.25) is 9.78 Å². The standard InChI is InChI=1S/C13H20N4O2/c1-17-5-4-11-10(8-17)12(18)16-13(15-11)14-7-9-3-2-6-19-9/h9H,2-8H2,1H3,(H2,14,15,16,18)/t9-/m1/s1. The summed E-state index contributed by atoms with van der Waals surface area (Å²) in [6.07, 6.45) is 3.27. The lowest BCUT2D eigenvalue weighted by atomic mass is 10.1. The van der Waals surface area contributed by atoms with Gasteiger partial charge in [-0.25, -0.2) is 4.98 Å². The molecule has 3 rings (SSSR count). The van der Waals surface area contributed by atoms with Gasteiger partial charge in [0.2, 0.25) is 5.95 Å². The van der Waals surface area contributed by atoms with Crippen LogP contribution in [0.1, 0.15) is 24.1 Å². The first-order chi connectivity index (χ1) is 9.22. The fraction of sp³-hybridized carbons (Fsp3) is 0.692.